The number of aromatic nitrogens is 2. The summed E-state index contributed by atoms with van der Waals surface area (Å²) in [4.78, 5) is 32.2. The number of nitrogens with zero attached hydrogens (tertiary/aromatic N) is 3. The number of aliphatic hydroxyl groups is 1. The van der Waals surface area contributed by atoms with Crippen molar-refractivity contribution in [2.75, 3.05) is 19.6 Å². The van der Waals surface area contributed by atoms with Crippen molar-refractivity contribution in [3.05, 3.63) is 71.4 Å². The van der Waals surface area contributed by atoms with Crippen molar-refractivity contribution in [3.63, 3.8) is 0 Å². The molecule has 1 aliphatic heterocycles. The first kappa shape index (κ1) is 27.1. The summed E-state index contributed by atoms with van der Waals surface area (Å²) in [7, 11) is 0. The number of amides is 1. The minimum atomic E-state index is -1.38. The van der Waals surface area contributed by atoms with Crippen molar-refractivity contribution in [2.24, 2.45) is 5.92 Å². The molecule has 1 aromatic heterocycles. The van der Waals surface area contributed by atoms with Crippen molar-refractivity contribution in [1.29, 1.82) is 0 Å². The number of hydrogen-bond acceptors (Lipinski definition) is 7. The molecule has 0 spiro atoms. The van der Waals surface area contributed by atoms with Gasteiger partial charge in [-0.2, -0.15) is 4.98 Å². The number of nitrogens with one attached hydrogen (secondary N) is 1. The summed E-state index contributed by atoms with van der Waals surface area (Å²) in [5.41, 5.74) is 0.305. The average molecular weight is 535 g/mol. The van der Waals surface area contributed by atoms with Crippen LogP contribution in [0, 0.1) is 18.7 Å². The van der Waals surface area contributed by atoms with E-state index < -0.39 is 11.4 Å². The third-order valence-electron chi connectivity index (χ3n) is 8.16. The molecule has 0 unspecified atom stereocenters. The van der Waals surface area contributed by atoms with Gasteiger partial charge in [-0.05, 0) is 93.8 Å². The minimum Gasteiger partial charge on any atom is -0.382 e. The summed E-state index contributed by atoms with van der Waals surface area (Å²) in [5, 5.41) is 18.1. The molecule has 2 aromatic carbocycles. The molecule has 206 valence electrons. The molecule has 2 aliphatic rings. The summed E-state index contributed by atoms with van der Waals surface area (Å²) in [6.45, 7) is 4.00. The lowest BCUT2D eigenvalue weighted by molar-refractivity contribution is -0.00739. The predicted molar refractivity (Wildman–Crippen MR) is 144 cm³/mol. The van der Waals surface area contributed by atoms with Crippen LogP contribution in [-0.4, -0.2) is 63.1 Å². The molecule has 39 heavy (non-hydrogen) atoms. The highest BCUT2D eigenvalue weighted by Crippen LogP contribution is 2.30. The third kappa shape index (κ3) is 6.59. The Bertz CT molecular complexity index is 1290. The van der Waals surface area contributed by atoms with Crippen LogP contribution in [0.3, 0.4) is 0 Å². The molecule has 3 aromatic rings. The van der Waals surface area contributed by atoms with Crippen LogP contribution >= 0.6 is 0 Å². The van der Waals surface area contributed by atoms with Gasteiger partial charge < -0.3 is 19.8 Å². The number of carbonyl (C=O) groups is 2. The number of likely N-dealkylation sites (tertiary alicyclic amines) is 1. The summed E-state index contributed by atoms with van der Waals surface area (Å²) in [6, 6.07) is 12.8. The lowest BCUT2D eigenvalue weighted by Crippen LogP contribution is -2.49. The topological polar surface area (TPSA) is 109 Å². The second kappa shape index (κ2) is 11.8. The Morgan fingerprint density at radius 2 is 1.79 bits per heavy atom. The Kier molecular flexibility index (Phi) is 8.18. The SMILES string of the molecule is Cc1nc(-c2cccc(C(=O)NC3CCC(CCN4CCC(O)(C(=O)c5ccc(F)cc5)CC4)CC3)c2)no1. The number of Topliss-reactive ketones (excluding diaryl/α,β-unsaturated/α-hetero) is 1. The van der Waals surface area contributed by atoms with Gasteiger partial charge >= 0.3 is 0 Å². The highest BCUT2D eigenvalue weighted by atomic mass is 19.1. The van der Waals surface area contributed by atoms with Crippen LogP contribution in [0.25, 0.3) is 11.4 Å². The third-order valence-corrected chi connectivity index (χ3v) is 8.16. The van der Waals surface area contributed by atoms with Crippen molar-refractivity contribution < 1.29 is 23.6 Å². The molecule has 0 atom stereocenters. The van der Waals surface area contributed by atoms with E-state index in [9.17, 15) is 19.1 Å². The minimum absolute atomic E-state index is 0.0866. The zero-order chi connectivity index (χ0) is 27.4. The highest BCUT2D eigenvalue weighted by Gasteiger charge is 2.39. The maximum absolute atomic E-state index is 13.2. The number of rotatable bonds is 8. The first-order chi connectivity index (χ1) is 18.8. The van der Waals surface area contributed by atoms with Gasteiger partial charge in [0, 0.05) is 42.7 Å². The Balaban J connectivity index is 1.03. The second-order valence-electron chi connectivity index (χ2n) is 10.9. The molecule has 2 heterocycles. The van der Waals surface area contributed by atoms with Crippen LogP contribution in [0.15, 0.2) is 53.1 Å². The molecular weight excluding hydrogens is 499 g/mol. The van der Waals surface area contributed by atoms with E-state index in [4.69, 9.17) is 4.52 Å². The maximum Gasteiger partial charge on any atom is 0.251 e. The zero-order valence-corrected chi connectivity index (χ0v) is 22.2. The van der Waals surface area contributed by atoms with Crippen LogP contribution in [0.5, 0.6) is 0 Å². The second-order valence-corrected chi connectivity index (χ2v) is 10.9. The molecule has 1 saturated heterocycles. The lowest BCUT2D eigenvalue weighted by Gasteiger charge is -2.38. The quantitative estimate of drug-likeness (QED) is 0.408. The summed E-state index contributed by atoms with van der Waals surface area (Å²) >= 11 is 0. The smallest absolute Gasteiger partial charge is 0.251 e. The van der Waals surface area contributed by atoms with E-state index in [1.807, 2.05) is 12.1 Å². The predicted octanol–water partition coefficient (Wildman–Crippen LogP) is 4.57. The van der Waals surface area contributed by atoms with E-state index in [2.05, 4.69) is 20.4 Å². The Morgan fingerprint density at radius 1 is 1.08 bits per heavy atom. The van der Waals surface area contributed by atoms with Gasteiger partial charge in [0.15, 0.2) is 5.78 Å². The highest BCUT2D eigenvalue weighted by molar-refractivity contribution is 6.02. The first-order valence-corrected chi connectivity index (χ1v) is 13.8. The number of halogens is 1. The van der Waals surface area contributed by atoms with E-state index in [1.54, 1.807) is 19.1 Å². The Morgan fingerprint density at radius 3 is 2.46 bits per heavy atom. The van der Waals surface area contributed by atoms with Crippen LogP contribution in [0.2, 0.25) is 0 Å². The molecule has 1 amide bonds. The van der Waals surface area contributed by atoms with Gasteiger partial charge in [0.2, 0.25) is 11.7 Å². The van der Waals surface area contributed by atoms with Crippen molar-refractivity contribution >= 4 is 11.7 Å². The van der Waals surface area contributed by atoms with Gasteiger partial charge in [0.05, 0.1) is 0 Å². The number of aryl methyl sites for hydroxylation is 1. The fraction of sp³-hybridized carbons (Fsp3) is 0.467. The average Bonchev–Trinajstić information content (AvgIpc) is 3.40. The molecule has 1 aliphatic carbocycles. The van der Waals surface area contributed by atoms with E-state index in [0.717, 1.165) is 44.2 Å². The van der Waals surface area contributed by atoms with Crippen LogP contribution in [0.4, 0.5) is 4.39 Å². The molecule has 2 N–H and O–H groups in total. The van der Waals surface area contributed by atoms with Gasteiger partial charge in [0.25, 0.3) is 5.91 Å². The van der Waals surface area contributed by atoms with Gasteiger partial charge in [-0.25, -0.2) is 4.39 Å². The monoisotopic (exact) mass is 534 g/mol. The summed E-state index contributed by atoms with van der Waals surface area (Å²) < 4.78 is 18.2. The fourth-order valence-corrected chi connectivity index (χ4v) is 5.69. The zero-order valence-electron chi connectivity index (χ0n) is 22.2. The number of piperidine rings is 1. The van der Waals surface area contributed by atoms with Crippen LogP contribution < -0.4 is 5.32 Å². The van der Waals surface area contributed by atoms with Gasteiger partial charge in [-0.3, -0.25) is 9.59 Å². The molecule has 0 radical (unpaired) electrons. The largest absolute Gasteiger partial charge is 0.382 e. The van der Waals surface area contributed by atoms with Crippen molar-refractivity contribution in [3.8, 4) is 11.4 Å². The van der Waals surface area contributed by atoms with E-state index in [0.29, 0.717) is 54.7 Å². The molecule has 0 bridgehead atoms. The fourth-order valence-electron chi connectivity index (χ4n) is 5.69. The van der Waals surface area contributed by atoms with Crippen molar-refractivity contribution in [1.82, 2.24) is 20.4 Å². The number of hydrogen-bond donors (Lipinski definition) is 2. The summed E-state index contributed by atoms with van der Waals surface area (Å²) in [5.74, 6) is 0.753. The van der Waals surface area contributed by atoms with E-state index in [1.165, 1.54) is 24.3 Å². The molecule has 2 fully saturated rings. The molecule has 8 nitrogen and oxygen atoms in total. The molecule has 1 saturated carbocycles. The van der Waals surface area contributed by atoms with Gasteiger partial charge in [0.1, 0.15) is 11.4 Å². The molecule has 9 heteroatoms. The Labute approximate surface area is 227 Å². The molecule has 5 rings (SSSR count). The maximum atomic E-state index is 13.2. The van der Waals surface area contributed by atoms with Crippen LogP contribution in [0.1, 0.15) is 71.6 Å². The lowest BCUT2D eigenvalue weighted by atomic mass is 9.82. The summed E-state index contributed by atoms with van der Waals surface area (Å²) in [6.07, 6.45) is 5.86. The normalized spacial score (nSPS) is 21.4. The van der Waals surface area contributed by atoms with E-state index in [-0.39, 0.29) is 17.7 Å². The van der Waals surface area contributed by atoms with Crippen molar-refractivity contribution in [2.45, 2.75) is 63.5 Å². The van der Waals surface area contributed by atoms with Crippen LogP contribution in [-0.2, 0) is 0 Å². The molecular formula is C30H35FN4O4. The van der Waals surface area contributed by atoms with Gasteiger partial charge in [-0.15, -0.1) is 0 Å². The number of carbonyl (C=O) groups excluding carboxylic acids is 2. The number of benzene rings is 2. The Hall–Kier alpha value is -3.43. The first-order valence-electron chi connectivity index (χ1n) is 13.8. The van der Waals surface area contributed by atoms with E-state index >= 15 is 0 Å². The standard InChI is InChI=1S/C30H35FN4O4/c1-20-32-28(34-39-20)23-3-2-4-24(19-23)29(37)33-26-11-5-21(6-12-26)13-16-35-17-14-30(38,15-18-35)27(36)22-7-9-25(31)10-8-22/h2-4,7-10,19,21,26,38H,5-6,11-18H2,1H3,(H,33,37). The number of ketones is 1. The van der Waals surface area contributed by atoms with Gasteiger partial charge in [-0.1, -0.05) is 17.3 Å².